The quantitative estimate of drug-likeness (QED) is 0.130. The van der Waals surface area contributed by atoms with Gasteiger partial charge in [-0.2, -0.15) is 5.01 Å². The number of benzene rings is 2. The molecule has 0 saturated carbocycles. The molecule has 0 unspecified atom stereocenters. The minimum atomic E-state index is -0.765. The lowest BCUT2D eigenvalue weighted by Crippen LogP contribution is -2.52. The van der Waals surface area contributed by atoms with Crippen LogP contribution in [0.3, 0.4) is 0 Å². The van der Waals surface area contributed by atoms with E-state index in [0.29, 0.717) is 12.8 Å². The second kappa shape index (κ2) is 10.9. The first-order valence-electron chi connectivity index (χ1n) is 11.9. The van der Waals surface area contributed by atoms with Gasteiger partial charge in [0.2, 0.25) is 5.76 Å². The van der Waals surface area contributed by atoms with Crippen LogP contribution in [0, 0.1) is 11.8 Å². The van der Waals surface area contributed by atoms with Gasteiger partial charge in [0.25, 0.3) is 17.7 Å². The Kier molecular flexibility index (Phi) is 7.36. The maximum Gasteiger partial charge on any atom is 0.379 e. The van der Waals surface area contributed by atoms with Crippen LogP contribution in [0.1, 0.15) is 44.1 Å². The number of halogens is 2. The first kappa shape index (κ1) is 26.4. The average molecular weight is 567 g/mol. The molecular formula is C28H20Cl2N2O7. The summed E-state index contributed by atoms with van der Waals surface area (Å²) in [6.45, 7) is -0.602. The van der Waals surface area contributed by atoms with Gasteiger partial charge in [-0.15, -0.1) is 0 Å². The number of ketones is 1. The van der Waals surface area contributed by atoms with Crippen LogP contribution in [0.4, 0.5) is 0 Å². The van der Waals surface area contributed by atoms with Crippen molar-refractivity contribution in [2.75, 3.05) is 6.54 Å². The number of ether oxygens (including phenoxy) is 1. The minimum Gasteiger partial charge on any atom is -0.457 e. The molecule has 5 rings (SSSR count). The van der Waals surface area contributed by atoms with Crippen molar-refractivity contribution >= 4 is 52.7 Å². The number of nitrogens with zero attached hydrogens (tertiary/aromatic N) is 2. The van der Waals surface area contributed by atoms with Crippen LogP contribution < -0.4 is 4.74 Å². The molecule has 3 amide bonds. The van der Waals surface area contributed by atoms with Gasteiger partial charge in [0.15, 0.2) is 5.78 Å². The van der Waals surface area contributed by atoms with E-state index in [1.807, 2.05) is 12.2 Å². The molecule has 0 spiro atoms. The molecule has 3 aromatic rings. The van der Waals surface area contributed by atoms with Gasteiger partial charge in [0, 0.05) is 11.1 Å². The van der Waals surface area contributed by atoms with E-state index in [0.717, 1.165) is 10.0 Å². The van der Waals surface area contributed by atoms with Crippen molar-refractivity contribution in [3.8, 4) is 5.75 Å². The zero-order valence-corrected chi connectivity index (χ0v) is 21.7. The number of hydrogen-bond acceptors (Lipinski definition) is 7. The summed E-state index contributed by atoms with van der Waals surface area (Å²) in [7, 11) is 0. The number of allylic oxidation sites excluding steroid dienone is 2. The maximum absolute atomic E-state index is 13.6. The Bertz CT molecular complexity index is 1470. The summed E-state index contributed by atoms with van der Waals surface area (Å²) in [6, 6.07) is 12.8. The summed E-state index contributed by atoms with van der Waals surface area (Å²) < 4.78 is 10.2. The predicted molar refractivity (Wildman–Crippen MR) is 139 cm³/mol. The third-order valence-corrected chi connectivity index (χ3v) is 7.27. The molecule has 2 aliphatic rings. The highest BCUT2D eigenvalue weighted by atomic mass is 35.5. The van der Waals surface area contributed by atoms with Crippen LogP contribution >= 0.6 is 23.2 Å². The van der Waals surface area contributed by atoms with Crippen molar-refractivity contribution in [1.82, 2.24) is 10.0 Å². The van der Waals surface area contributed by atoms with E-state index >= 15 is 0 Å². The molecule has 2 heterocycles. The number of hydrazine groups is 1. The lowest BCUT2D eigenvalue weighted by Gasteiger charge is -2.30. The predicted octanol–water partition coefficient (Wildman–Crippen LogP) is 5.00. The van der Waals surface area contributed by atoms with Gasteiger partial charge in [-0.05, 0) is 67.4 Å². The average Bonchev–Trinajstić information content (AvgIpc) is 3.57. The molecule has 1 aliphatic carbocycles. The van der Waals surface area contributed by atoms with Gasteiger partial charge in [0.1, 0.15) is 12.3 Å². The molecule has 1 aromatic heterocycles. The van der Waals surface area contributed by atoms with Gasteiger partial charge < -0.3 is 9.15 Å². The number of hydrogen-bond donors (Lipinski definition) is 0. The molecule has 9 nitrogen and oxygen atoms in total. The highest BCUT2D eigenvalue weighted by Gasteiger charge is 2.51. The molecule has 2 aromatic carbocycles. The summed E-state index contributed by atoms with van der Waals surface area (Å²) in [5.74, 6) is -4.15. The number of Topliss-reactive ketones (excluding diaryl/α,β-unsaturated/α-hetero) is 1. The molecule has 11 heteroatoms. The topological polar surface area (TPSA) is 114 Å². The highest BCUT2D eigenvalue weighted by molar-refractivity contribution is 6.42. The Balaban J connectivity index is 1.40. The first-order chi connectivity index (χ1) is 18.7. The standard InChI is InChI=1S/C28H20Cl2N2O7/c29-21-12-9-17(14-22(21)30)25(34)31(32-26(35)19-4-1-2-5-20(19)27(32)36)15-23(33)16-7-10-18(11-8-16)39-28(37)24-6-3-13-38-24/h1-3,6-14,19-20H,4-5,15H2/t19-,20-/m1/s1. The van der Waals surface area contributed by atoms with E-state index in [-0.39, 0.29) is 32.7 Å². The SMILES string of the molecule is O=C(CN(C(=O)c1ccc(Cl)c(Cl)c1)N1C(=O)[C@@H]2CC=CC[C@H]2C1=O)c1ccc(OC(=O)c2ccco2)cc1. The van der Waals surface area contributed by atoms with Crippen LogP contribution in [0.25, 0.3) is 0 Å². The maximum atomic E-state index is 13.6. The van der Waals surface area contributed by atoms with Crippen LogP contribution in [0.2, 0.25) is 10.0 Å². The molecule has 1 aliphatic heterocycles. The summed E-state index contributed by atoms with van der Waals surface area (Å²) in [4.78, 5) is 65.5. The molecule has 198 valence electrons. The summed E-state index contributed by atoms with van der Waals surface area (Å²) in [6.07, 6.45) is 5.73. The first-order valence-corrected chi connectivity index (χ1v) is 12.7. The lowest BCUT2D eigenvalue weighted by atomic mass is 9.85. The molecule has 1 fully saturated rings. The third kappa shape index (κ3) is 5.23. The van der Waals surface area contributed by atoms with E-state index in [2.05, 4.69) is 0 Å². The molecule has 39 heavy (non-hydrogen) atoms. The van der Waals surface area contributed by atoms with E-state index in [1.165, 1.54) is 54.8 Å². The third-order valence-electron chi connectivity index (χ3n) is 6.53. The molecule has 0 N–H and O–H groups in total. The van der Waals surface area contributed by atoms with Crippen molar-refractivity contribution in [2.24, 2.45) is 11.8 Å². The number of furan rings is 1. The van der Waals surface area contributed by atoms with Crippen molar-refractivity contribution in [1.29, 1.82) is 0 Å². The van der Waals surface area contributed by atoms with Crippen molar-refractivity contribution < 1.29 is 33.1 Å². The van der Waals surface area contributed by atoms with E-state index in [4.69, 9.17) is 32.4 Å². The van der Waals surface area contributed by atoms with Gasteiger partial charge in [-0.3, -0.25) is 19.2 Å². The van der Waals surface area contributed by atoms with E-state index in [9.17, 15) is 24.0 Å². The number of carbonyl (C=O) groups is 5. The zero-order chi connectivity index (χ0) is 27.7. The van der Waals surface area contributed by atoms with Crippen LogP contribution in [-0.4, -0.2) is 46.0 Å². The second-order valence-corrected chi connectivity index (χ2v) is 9.76. The number of fused-ring (bicyclic) bond motifs is 1. The largest absolute Gasteiger partial charge is 0.457 e. The monoisotopic (exact) mass is 566 g/mol. The van der Waals surface area contributed by atoms with Gasteiger partial charge >= 0.3 is 5.97 Å². The van der Waals surface area contributed by atoms with Crippen LogP contribution in [-0.2, 0) is 9.59 Å². The molecule has 0 bridgehead atoms. The number of imide groups is 1. The molecule has 0 radical (unpaired) electrons. The van der Waals surface area contributed by atoms with Crippen LogP contribution in [0.5, 0.6) is 5.75 Å². The van der Waals surface area contributed by atoms with Crippen LogP contribution in [0.15, 0.2) is 77.4 Å². The molecule has 1 saturated heterocycles. The molecule has 2 atom stereocenters. The highest BCUT2D eigenvalue weighted by Crippen LogP contribution is 2.36. The van der Waals surface area contributed by atoms with E-state index < -0.39 is 47.9 Å². The Morgan fingerprint density at radius 2 is 1.54 bits per heavy atom. The normalized spacial score (nSPS) is 18.2. The van der Waals surface area contributed by atoms with Gasteiger partial charge in [0.05, 0.1) is 28.1 Å². The molecular weight excluding hydrogens is 547 g/mol. The fourth-order valence-electron chi connectivity index (χ4n) is 4.52. The van der Waals surface area contributed by atoms with Gasteiger partial charge in [-0.1, -0.05) is 35.4 Å². The summed E-state index contributed by atoms with van der Waals surface area (Å²) in [5, 5.41) is 1.96. The van der Waals surface area contributed by atoms with Crippen molar-refractivity contribution in [3.63, 3.8) is 0 Å². The van der Waals surface area contributed by atoms with Crippen molar-refractivity contribution in [3.05, 3.63) is 99.9 Å². The Hall–Kier alpha value is -4.21. The summed E-state index contributed by atoms with van der Waals surface area (Å²) >= 11 is 12.1. The number of carbonyl (C=O) groups excluding carboxylic acids is 5. The van der Waals surface area contributed by atoms with Gasteiger partial charge in [-0.25, -0.2) is 9.80 Å². The number of rotatable bonds is 7. The summed E-state index contributed by atoms with van der Waals surface area (Å²) in [5.41, 5.74) is 0.212. The second-order valence-electron chi connectivity index (χ2n) is 8.95. The number of esters is 1. The Morgan fingerprint density at radius 3 is 2.13 bits per heavy atom. The smallest absolute Gasteiger partial charge is 0.379 e. The zero-order valence-electron chi connectivity index (χ0n) is 20.2. The lowest BCUT2D eigenvalue weighted by molar-refractivity contribution is -0.154. The van der Waals surface area contributed by atoms with E-state index in [1.54, 1.807) is 6.07 Å². The minimum absolute atomic E-state index is 0.0160. The fourth-order valence-corrected chi connectivity index (χ4v) is 4.82. The Labute approximate surface area is 232 Å². The Morgan fingerprint density at radius 1 is 0.897 bits per heavy atom. The number of amides is 3. The fraction of sp³-hybridized carbons (Fsp3) is 0.179. The van der Waals surface area contributed by atoms with Crippen molar-refractivity contribution in [2.45, 2.75) is 12.8 Å².